The van der Waals surface area contributed by atoms with Crippen LogP contribution >= 0.6 is 11.3 Å². The second-order valence-electron chi connectivity index (χ2n) is 6.41. The van der Waals surface area contributed by atoms with Crippen LogP contribution in [0, 0.1) is 0 Å². The van der Waals surface area contributed by atoms with Gasteiger partial charge in [-0.1, -0.05) is 11.3 Å². The van der Waals surface area contributed by atoms with Crippen molar-refractivity contribution in [2.75, 3.05) is 19.5 Å². The number of nitrogens with zero attached hydrogens (tertiary/aromatic N) is 4. The van der Waals surface area contributed by atoms with Gasteiger partial charge in [0.1, 0.15) is 11.5 Å². The van der Waals surface area contributed by atoms with E-state index in [-0.39, 0.29) is 0 Å². The van der Waals surface area contributed by atoms with E-state index in [4.69, 9.17) is 9.47 Å². The number of thiazole rings is 1. The topological polar surface area (TPSA) is 117 Å². The molecule has 2 heterocycles. The summed E-state index contributed by atoms with van der Waals surface area (Å²) in [4.78, 5) is 42.2. The highest BCUT2D eigenvalue weighted by Crippen LogP contribution is 2.29. The zero-order valence-electron chi connectivity index (χ0n) is 16.8. The lowest BCUT2D eigenvalue weighted by Gasteiger charge is -2.09. The molecule has 0 spiro atoms. The molecule has 0 saturated carbocycles. The lowest BCUT2D eigenvalue weighted by molar-refractivity contribution is 0.101. The Kier molecular flexibility index (Phi) is 5.26. The smallest absolute Gasteiger partial charge is 0.351 e. The predicted molar refractivity (Wildman–Crippen MR) is 116 cm³/mol. The molecule has 0 saturated heterocycles. The van der Waals surface area contributed by atoms with Gasteiger partial charge in [0.2, 0.25) is 5.69 Å². The molecule has 0 bridgehead atoms. The fourth-order valence-electron chi connectivity index (χ4n) is 2.85. The maximum absolute atomic E-state index is 12.8. The Morgan fingerprint density at radius 3 is 2.39 bits per heavy atom. The second kappa shape index (κ2) is 8.03. The quantitative estimate of drug-likeness (QED) is 0.504. The Labute approximate surface area is 179 Å². The van der Waals surface area contributed by atoms with E-state index in [1.54, 1.807) is 49.6 Å². The summed E-state index contributed by atoms with van der Waals surface area (Å²) in [6.07, 6.45) is 0. The molecule has 31 heavy (non-hydrogen) atoms. The summed E-state index contributed by atoms with van der Waals surface area (Å²) in [5.41, 5.74) is -0.878. The van der Waals surface area contributed by atoms with Crippen LogP contribution in [0.1, 0.15) is 10.5 Å². The molecular formula is C20H17N5O5S. The Morgan fingerprint density at radius 2 is 1.71 bits per heavy atom. The summed E-state index contributed by atoms with van der Waals surface area (Å²) in [5.74, 6) is 0.483. The van der Waals surface area contributed by atoms with E-state index in [9.17, 15) is 14.4 Å². The standard InChI is InChI=1S/C20H17N5O5S/c1-24-18(27)16(23-25(20(24)28)11-4-6-12(29-2)7-5-11)17(26)22-19-21-14-9-8-13(30-3)10-15(14)31-19/h4-10H,1-3H3,(H,21,22,26). The first kappa shape index (κ1) is 20.3. The average molecular weight is 439 g/mol. The number of benzene rings is 2. The number of carbonyl (C=O) groups is 1. The van der Waals surface area contributed by atoms with Crippen LogP contribution in [-0.4, -0.2) is 39.5 Å². The largest absolute Gasteiger partial charge is 0.497 e. The van der Waals surface area contributed by atoms with Crippen LogP contribution in [0.15, 0.2) is 52.1 Å². The molecule has 1 N–H and O–H groups in total. The van der Waals surface area contributed by atoms with Crippen LogP contribution in [0.25, 0.3) is 15.9 Å². The van der Waals surface area contributed by atoms with E-state index < -0.39 is 22.9 Å². The first-order chi connectivity index (χ1) is 14.9. The molecule has 11 heteroatoms. The number of anilines is 1. The van der Waals surface area contributed by atoms with Crippen LogP contribution in [0.3, 0.4) is 0 Å². The van der Waals surface area contributed by atoms with E-state index in [2.05, 4.69) is 15.4 Å². The Hall–Kier alpha value is -3.99. The zero-order chi connectivity index (χ0) is 22.1. The predicted octanol–water partition coefficient (Wildman–Crippen LogP) is 1.81. The fraction of sp³-hybridized carbons (Fsp3) is 0.150. The van der Waals surface area contributed by atoms with Gasteiger partial charge in [0, 0.05) is 7.05 Å². The molecule has 0 aliphatic rings. The van der Waals surface area contributed by atoms with Gasteiger partial charge >= 0.3 is 5.69 Å². The Balaban J connectivity index is 1.71. The number of amides is 1. The first-order valence-corrected chi connectivity index (χ1v) is 9.83. The summed E-state index contributed by atoms with van der Waals surface area (Å²) in [5, 5.41) is 6.89. The first-order valence-electron chi connectivity index (χ1n) is 9.02. The number of nitrogens with one attached hydrogen (secondary N) is 1. The van der Waals surface area contributed by atoms with Crippen LogP contribution in [-0.2, 0) is 7.05 Å². The highest BCUT2D eigenvalue weighted by atomic mass is 32.1. The molecule has 0 aliphatic heterocycles. The van der Waals surface area contributed by atoms with Gasteiger partial charge in [-0.2, -0.15) is 9.78 Å². The molecule has 2 aromatic carbocycles. The summed E-state index contributed by atoms with van der Waals surface area (Å²) in [6, 6.07) is 11.8. The Morgan fingerprint density at radius 1 is 1.03 bits per heavy atom. The van der Waals surface area contributed by atoms with E-state index >= 15 is 0 Å². The lowest BCUT2D eigenvalue weighted by atomic mass is 10.3. The third-order valence-corrected chi connectivity index (χ3v) is 5.46. The Bertz CT molecular complexity index is 1400. The molecule has 4 rings (SSSR count). The van der Waals surface area contributed by atoms with Crippen LogP contribution in [0.2, 0.25) is 0 Å². The molecule has 0 atom stereocenters. The van der Waals surface area contributed by atoms with Crippen molar-refractivity contribution in [3.05, 3.63) is 69.0 Å². The van der Waals surface area contributed by atoms with Gasteiger partial charge in [0.25, 0.3) is 11.5 Å². The molecule has 0 unspecified atom stereocenters. The third-order valence-electron chi connectivity index (χ3n) is 4.52. The minimum absolute atomic E-state index is 0.291. The zero-order valence-corrected chi connectivity index (χ0v) is 17.6. The van der Waals surface area contributed by atoms with Crippen molar-refractivity contribution in [3.63, 3.8) is 0 Å². The van der Waals surface area contributed by atoms with Crippen LogP contribution < -0.4 is 26.0 Å². The lowest BCUT2D eigenvalue weighted by Crippen LogP contribution is -2.43. The molecule has 0 radical (unpaired) electrons. The van der Waals surface area contributed by atoms with Gasteiger partial charge < -0.3 is 9.47 Å². The van der Waals surface area contributed by atoms with Crippen LogP contribution in [0.4, 0.5) is 5.13 Å². The van der Waals surface area contributed by atoms with Gasteiger partial charge in [-0.25, -0.2) is 9.78 Å². The van der Waals surface area contributed by atoms with Gasteiger partial charge in [0.15, 0.2) is 5.13 Å². The highest BCUT2D eigenvalue weighted by Gasteiger charge is 2.20. The third kappa shape index (κ3) is 3.78. The van der Waals surface area contributed by atoms with Crippen molar-refractivity contribution in [3.8, 4) is 17.2 Å². The van der Waals surface area contributed by atoms with E-state index in [0.29, 0.717) is 27.8 Å². The SMILES string of the molecule is COc1ccc(-n2nc(C(=O)Nc3nc4ccc(OC)cc4s3)c(=O)n(C)c2=O)cc1. The number of ether oxygens (including phenoxy) is 2. The normalized spacial score (nSPS) is 10.8. The maximum atomic E-state index is 12.8. The second-order valence-corrected chi connectivity index (χ2v) is 7.44. The number of rotatable bonds is 5. The molecule has 158 valence electrons. The van der Waals surface area contributed by atoms with Gasteiger partial charge in [0.05, 0.1) is 30.1 Å². The molecule has 0 aliphatic carbocycles. The highest BCUT2D eigenvalue weighted by molar-refractivity contribution is 7.22. The summed E-state index contributed by atoms with van der Waals surface area (Å²) in [6.45, 7) is 0. The van der Waals surface area contributed by atoms with Crippen molar-refractivity contribution in [1.29, 1.82) is 0 Å². The van der Waals surface area contributed by atoms with E-state index in [0.717, 1.165) is 13.9 Å². The number of carbonyl (C=O) groups excluding carboxylic acids is 1. The summed E-state index contributed by atoms with van der Waals surface area (Å²) >= 11 is 1.23. The molecule has 2 aromatic heterocycles. The van der Waals surface area contributed by atoms with Crippen LogP contribution in [0.5, 0.6) is 11.5 Å². The number of hydrogen-bond donors (Lipinski definition) is 1. The van der Waals surface area contributed by atoms with Gasteiger partial charge in [-0.05, 0) is 42.5 Å². The number of hydrogen-bond acceptors (Lipinski definition) is 8. The number of fused-ring (bicyclic) bond motifs is 1. The van der Waals surface area contributed by atoms with Crippen molar-refractivity contribution >= 4 is 32.6 Å². The number of methoxy groups -OCH3 is 2. The number of aromatic nitrogens is 4. The van der Waals surface area contributed by atoms with Gasteiger partial charge in [-0.15, -0.1) is 0 Å². The van der Waals surface area contributed by atoms with E-state index in [1.165, 1.54) is 25.5 Å². The summed E-state index contributed by atoms with van der Waals surface area (Å²) < 4.78 is 12.9. The van der Waals surface area contributed by atoms with Crippen molar-refractivity contribution in [2.24, 2.45) is 7.05 Å². The molecule has 1 amide bonds. The van der Waals surface area contributed by atoms with Crippen molar-refractivity contribution in [2.45, 2.75) is 0 Å². The monoisotopic (exact) mass is 439 g/mol. The minimum Gasteiger partial charge on any atom is -0.497 e. The molecule has 0 fully saturated rings. The molecule has 10 nitrogen and oxygen atoms in total. The molecular weight excluding hydrogens is 422 g/mol. The van der Waals surface area contributed by atoms with Gasteiger partial charge in [-0.3, -0.25) is 19.5 Å². The average Bonchev–Trinajstić information content (AvgIpc) is 3.19. The fourth-order valence-corrected chi connectivity index (χ4v) is 3.74. The molecule has 4 aromatic rings. The van der Waals surface area contributed by atoms with E-state index in [1.807, 2.05) is 0 Å². The van der Waals surface area contributed by atoms with Crippen molar-refractivity contribution in [1.82, 2.24) is 19.3 Å². The van der Waals surface area contributed by atoms with Crippen molar-refractivity contribution < 1.29 is 14.3 Å². The minimum atomic E-state index is -0.810. The maximum Gasteiger partial charge on any atom is 0.351 e. The summed E-state index contributed by atoms with van der Waals surface area (Å²) in [7, 11) is 4.36.